The van der Waals surface area contributed by atoms with Gasteiger partial charge in [-0.15, -0.1) is 0 Å². The van der Waals surface area contributed by atoms with Crippen LogP contribution in [0.1, 0.15) is 37.8 Å². The molecule has 1 aromatic rings. The number of phenols is 1. The summed E-state index contributed by atoms with van der Waals surface area (Å²) in [7, 11) is 1.58. The second-order valence-corrected chi connectivity index (χ2v) is 3.79. The Kier molecular flexibility index (Phi) is 4.90. The molecule has 0 amide bonds. The van der Waals surface area contributed by atoms with E-state index in [1.165, 1.54) is 0 Å². The standard InChI is InChI=1S/C14H20O2/c1-4-6-8-12-11(7-5-2)9-10-13(16-3)14(12)15/h5,7,9-10,15H,4,6,8H2,1-3H3. The molecule has 0 aliphatic heterocycles. The molecule has 1 N–H and O–H groups in total. The minimum atomic E-state index is 0.284. The summed E-state index contributed by atoms with van der Waals surface area (Å²) in [5.74, 6) is 0.839. The quantitative estimate of drug-likeness (QED) is 0.818. The highest BCUT2D eigenvalue weighted by Crippen LogP contribution is 2.34. The van der Waals surface area contributed by atoms with Crippen molar-refractivity contribution < 1.29 is 9.84 Å². The van der Waals surface area contributed by atoms with Gasteiger partial charge in [-0.3, -0.25) is 0 Å². The summed E-state index contributed by atoms with van der Waals surface area (Å²) in [6, 6.07) is 3.80. The number of benzene rings is 1. The summed E-state index contributed by atoms with van der Waals surface area (Å²) in [6.45, 7) is 4.12. The molecule has 16 heavy (non-hydrogen) atoms. The van der Waals surface area contributed by atoms with Gasteiger partial charge in [0.15, 0.2) is 11.5 Å². The van der Waals surface area contributed by atoms with Crippen LogP contribution < -0.4 is 4.74 Å². The van der Waals surface area contributed by atoms with E-state index in [-0.39, 0.29) is 5.75 Å². The molecular weight excluding hydrogens is 200 g/mol. The van der Waals surface area contributed by atoms with E-state index >= 15 is 0 Å². The lowest BCUT2D eigenvalue weighted by atomic mass is 10.00. The molecular formula is C14H20O2. The maximum Gasteiger partial charge on any atom is 0.161 e. The Balaban J connectivity index is 3.13. The summed E-state index contributed by atoms with van der Waals surface area (Å²) < 4.78 is 5.12. The van der Waals surface area contributed by atoms with Gasteiger partial charge in [-0.1, -0.05) is 31.6 Å². The van der Waals surface area contributed by atoms with E-state index in [0.717, 1.165) is 30.4 Å². The van der Waals surface area contributed by atoms with E-state index in [1.54, 1.807) is 13.2 Å². The number of ether oxygens (including phenoxy) is 1. The van der Waals surface area contributed by atoms with E-state index in [0.29, 0.717) is 5.75 Å². The van der Waals surface area contributed by atoms with Gasteiger partial charge in [0.25, 0.3) is 0 Å². The molecule has 0 bridgehead atoms. The molecule has 2 nitrogen and oxygen atoms in total. The molecule has 1 aromatic carbocycles. The molecule has 0 atom stereocenters. The Hall–Kier alpha value is -1.44. The lowest BCUT2D eigenvalue weighted by Crippen LogP contribution is -1.94. The Morgan fingerprint density at radius 3 is 2.69 bits per heavy atom. The molecule has 0 fully saturated rings. The highest BCUT2D eigenvalue weighted by molar-refractivity contribution is 5.61. The van der Waals surface area contributed by atoms with Crippen LogP contribution in [-0.2, 0) is 6.42 Å². The van der Waals surface area contributed by atoms with Crippen molar-refractivity contribution in [1.82, 2.24) is 0 Å². The van der Waals surface area contributed by atoms with Crippen molar-refractivity contribution in [3.8, 4) is 11.5 Å². The normalized spacial score (nSPS) is 10.9. The van der Waals surface area contributed by atoms with Gasteiger partial charge in [0, 0.05) is 5.56 Å². The van der Waals surface area contributed by atoms with Crippen molar-refractivity contribution in [3.05, 3.63) is 29.3 Å². The minimum Gasteiger partial charge on any atom is -0.504 e. The predicted octanol–water partition coefficient (Wildman–Crippen LogP) is 3.78. The van der Waals surface area contributed by atoms with Gasteiger partial charge in [-0.25, -0.2) is 0 Å². The zero-order chi connectivity index (χ0) is 12.0. The minimum absolute atomic E-state index is 0.284. The van der Waals surface area contributed by atoms with Crippen LogP contribution in [0.5, 0.6) is 11.5 Å². The van der Waals surface area contributed by atoms with Crippen LogP contribution in [0.3, 0.4) is 0 Å². The monoisotopic (exact) mass is 220 g/mol. The van der Waals surface area contributed by atoms with Gasteiger partial charge in [-0.2, -0.15) is 0 Å². The SMILES string of the molecule is CC=Cc1ccc(OC)c(O)c1CCCC. The number of methoxy groups -OCH3 is 1. The van der Waals surface area contributed by atoms with Crippen molar-refractivity contribution in [3.63, 3.8) is 0 Å². The van der Waals surface area contributed by atoms with E-state index < -0.39 is 0 Å². The number of hydrogen-bond acceptors (Lipinski definition) is 2. The number of aromatic hydroxyl groups is 1. The topological polar surface area (TPSA) is 29.5 Å². The van der Waals surface area contributed by atoms with Gasteiger partial charge in [0.1, 0.15) is 0 Å². The Morgan fingerprint density at radius 1 is 1.38 bits per heavy atom. The number of hydrogen-bond donors (Lipinski definition) is 1. The van der Waals surface area contributed by atoms with Crippen LogP contribution in [0.2, 0.25) is 0 Å². The number of rotatable bonds is 5. The first-order valence-corrected chi connectivity index (χ1v) is 5.76. The molecule has 0 aliphatic carbocycles. The molecule has 2 heteroatoms. The Labute approximate surface area is 97.6 Å². The van der Waals surface area contributed by atoms with Crippen molar-refractivity contribution in [2.24, 2.45) is 0 Å². The van der Waals surface area contributed by atoms with Crippen LogP contribution in [0.25, 0.3) is 6.08 Å². The predicted molar refractivity (Wildman–Crippen MR) is 68.0 cm³/mol. The average molecular weight is 220 g/mol. The Bertz CT molecular complexity index is 367. The molecule has 1 rings (SSSR count). The molecule has 0 saturated carbocycles. The van der Waals surface area contributed by atoms with Crippen LogP contribution >= 0.6 is 0 Å². The molecule has 0 unspecified atom stereocenters. The van der Waals surface area contributed by atoms with Gasteiger partial charge in [0.05, 0.1) is 7.11 Å². The largest absolute Gasteiger partial charge is 0.504 e. The third kappa shape index (κ3) is 2.78. The third-order valence-electron chi connectivity index (χ3n) is 2.63. The zero-order valence-electron chi connectivity index (χ0n) is 10.3. The van der Waals surface area contributed by atoms with Crippen LogP contribution in [0, 0.1) is 0 Å². The smallest absolute Gasteiger partial charge is 0.161 e. The maximum atomic E-state index is 10.1. The molecule has 88 valence electrons. The fourth-order valence-corrected chi connectivity index (χ4v) is 1.75. The number of phenolic OH excluding ortho intramolecular Hbond substituents is 1. The van der Waals surface area contributed by atoms with Crippen LogP contribution in [-0.4, -0.2) is 12.2 Å². The molecule has 0 aromatic heterocycles. The zero-order valence-corrected chi connectivity index (χ0v) is 10.3. The average Bonchev–Trinajstić information content (AvgIpc) is 2.29. The van der Waals surface area contributed by atoms with Crippen LogP contribution in [0.4, 0.5) is 0 Å². The number of unbranched alkanes of at least 4 members (excludes halogenated alkanes) is 1. The molecule has 0 spiro atoms. The highest BCUT2D eigenvalue weighted by atomic mass is 16.5. The number of allylic oxidation sites excluding steroid dienone is 1. The molecule has 0 radical (unpaired) electrons. The second kappa shape index (κ2) is 6.21. The first-order chi connectivity index (χ1) is 7.74. The molecule has 0 heterocycles. The van der Waals surface area contributed by atoms with Gasteiger partial charge in [-0.05, 0) is 31.4 Å². The highest BCUT2D eigenvalue weighted by Gasteiger charge is 2.10. The molecule has 0 aliphatic rings. The van der Waals surface area contributed by atoms with Crippen molar-refractivity contribution in [2.75, 3.05) is 7.11 Å². The lowest BCUT2D eigenvalue weighted by molar-refractivity contribution is 0.370. The van der Waals surface area contributed by atoms with Gasteiger partial charge >= 0.3 is 0 Å². The summed E-state index contributed by atoms with van der Waals surface area (Å²) in [5.41, 5.74) is 2.06. The summed E-state index contributed by atoms with van der Waals surface area (Å²) in [5, 5.41) is 10.1. The second-order valence-electron chi connectivity index (χ2n) is 3.79. The maximum absolute atomic E-state index is 10.1. The van der Waals surface area contributed by atoms with E-state index in [2.05, 4.69) is 6.92 Å². The first-order valence-electron chi connectivity index (χ1n) is 5.76. The summed E-state index contributed by atoms with van der Waals surface area (Å²) in [6.07, 6.45) is 7.08. The van der Waals surface area contributed by atoms with Crippen molar-refractivity contribution >= 4 is 6.08 Å². The van der Waals surface area contributed by atoms with E-state index in [1.807, 2.05) is 25.1 Å². The fraction of sp³-hybridized carbons (Fsp3) is 0.429. The first kappa shape index (κ1) is 12.6. The van der Waals surface area contributed by atoms with E-state index in [9.17, 15) is 5.11 Å². The molecule has 0 saturated heterocycles. The summed E-state index contributed by atoms with van der Waals surface area (Å²) in [4.78, 5) is 0. The van der Waals surface area contributed by atoms with Gasteiger partial charge < -0.3 is 9.84 Å². The summed E-state index contributed by atoms with van der Waals surface area (Å²) >= 11 is 0. The fourth-order valence-electron chi connectivity index (χ4n) is 1.75. The van der Waals surface area contributed by atoms with Gasteiger partial charge in [0.2, 0.25) is 0 Å². The van der Waals surface area contributed by atoms with Crippen LogP contribution in [0.15, 0.2) is 18.2 Å². The van der Waals surface area contributed by atoms with Crippen molar-refractivity contribution in [1.29, 1.82) is 0 Å². The van der Waals surface area contributed by atoms with E-state index in [4.69, 9.17) is 4.74 Å². The lowest BCUT2D eigenvalue weighted by Gasteiger charge is -2.11. The Morgan fingerprint density at radius 2 is 2.12 bits per heavy atom. The van der Waals surface area contributed by atoms with Crippen molar-refractivity contribution in [2.45, 2.75) is 33.1 Å². The third-order valence-corrected chi connectivity index (χ3v) is 2.63.